The molecule has 2 aromatic carbocycles. The van der Waals surface area contributed by atoms with E-state index in [1.807, 2.05) is 0 Å². The summed E-state index contributed by atoms with van der Waals surface area (Å²) >= 11 is 6.10. The summed E-state index contributed by atoms with van der Waals surface area (Å²) in [5, 5.41) is 2.85. The first-order chi connectivity index (χ1) is 11.5. The molecule has 0 aliphatic heterocycles. The highest BCUT2D eigenvalue weighted by Gasteiger charge is 2.16. The molecule has 6 heteroatoms. The number of nitrogens with one attached hydrogen (secondary N) is 1. The summed E-state index contributed by atoms with van der Waals surface area (Å²) in [4.78, 5) is 11.7. The molecule has 0 saturated heterocycles. The Hall–Kier alpha value is -2.53. The molecule has 0 saturated carbocycles. The van der Waals surface area contributed by atoms with Crippen LogP contribution < -0.4 is 14.8 Å². The lowest BCUT2D eigenvalue weighted by Gasteiger charge is -2.12. The van der Waals surface area contributed by atoms with Crippen molar-refractivity contribution in [3.8, 4) is 17.2 Å². The zero-order valence-corrected chi connectivity index (χ0v) is 13.8. The number of carbonyl (C=O) groups is 1. The number of ether oxygens (including phenoxy) is 2. The van der Waals surface area contributed by atoms with Crippen molar-refractivity contribution in [1.29, 1.82) is 0 Å². The molecule has 1 unspecified atom stereocenters. The van der Waals surface area contributed by atoms with Gasteiger partial charge in [-0.2, -0.15) is 0 Å². The zero-order chi connectivity index (χ0) is 17.5. The van der Waals surface area contributed by atoms with Crippen LogP contribution in [0.1, 0.15) is 6.42 Å². The van der Waals surface area contributed by atoms with E-state index in [2.05, 4.69) is 11.9 Å². The Morgan fingerprint density at radius 1 is 1.29 bits per heavy atom. The number of anilines is 1. The summed E-state index contributed by atoms with van der Waals surface area (Å²) in [6.45, 7) is 3.41. The second-order valence-electron chi connectivity index (χ2n) is 4.90. The fourth-order valence-corrected chi connectivity index (χ4v) is 2.06. The van der Waals surface area contributed by atoms with Crippen molar-refractivity contribution in [2.75, 3.05) is 12.4 Å². The van der Waals surface area contributed by atoms with Crippen molar-refractivity contribution in [3.63, 3.8) is 0 Å². The highest BCUT2D eigenvalue weighted by atomic mass is 35.5. The number of carbonyl (C=O) groups excluding carboxylic acids is 1. The Morgan fingerprint density at radius 2 is 1.96 bits per heavy atom. The fourth-order valence-electron chi connectivity index (χ4n) is 1.90. The van der Waals surface area contributed by atoms with Crippen molar-refractivity contribution in [1.82, 2.24) is 0 Å². The van der Waals surface area contributed by atoms with Crippen molar-refractivity contribution in [2.24, 2.45) is 0 Å². The van der Waals surface area contributed by atoms with Gasteiger partial charge in [-0.25, -0.2) is 4.39 Å². The zero-order valence-electron chi connectivity index (χ0n) is 13.1. The molecule has 0 aliphatic carbocycles. The van der Waals surface area contributed by atoms with E-state index < -0.39 is 12.1 Å². The Labute approximate surface area is 144 Å². The van der Waals surface area contributed by atoms with Gasteiger partial charge in [0.05, 0.1) is 12.1 Å². The highest BCUT2D eigenvalue weighted by Crippen LogP contribution is 2.32. The second-order valence-corrected chi connectivity index (χ2v) is 5.31. The normalized spacial score (nSPS) is 11.5. The number of hydrogen-bond donors (Lipinski definition) is 1. The first-order valence-electron chi connectivity index (χ1n) is 7.20. The van der Waals surface area contributed by atoms with Crippen molar-refractivity contribution in [3.05, 3.63) is 60.1 Å². The van der Waals surface area contributed by atoms with E-state index in [9.17, 15) is 9.18 Å². The van der Waals surface area contributed by atoms with Gasteiger partial charge in [0.2, 0.25) is 0 Å². The smallest absolute Gasteiger partial charge is 0.259 e. The van der Waals surface area contributed by atoms with Crippen LogP contribution in [0, 0.1) is 0 Å². The Morgan fingerprint density at radius 3 is 2.58 bits per heavy atom. The first-order valence-corrected chi connectivity index (χ1v) is 7.58. The molecule has 0 aliphatic rings. The minimum atomic E-state index is -1.65. The topological polar surface area (TPSA) is 47.6 Å². The summed E-state index contributed by atoms with van der Waals surface area (Å²) in [6, 6.07) is 11.6. The molecule has 24 heavy (non-hydrogen) atoms. The third-order valence-electron chi connectivity index (χ3n) is 3.14. The van der Waals surface area contributed by atoms with Crippen LogP contribution in [0.15, 0.2) is 55.1 Å². The van der Waals surface area contributed by atoms with Crippen LogP contribution in [-0.4, -0.2) is 19.2 Å². The van der Waals surface area contributed by atoms with Crippen LogP contribution in [0.4, 0.5) is 10.1 Å². The SMILES string of the molecule is C=CCC(F)C(=O)Nc1ccc(Cl)c(Oc2ccc(OC)cc2)c1. The van der Waals surface area contributed by atoms with Gasteiger partial charge in [-0.15, -0.1) is 6.58 Å². The summed E-state index contributed by atoms with van der Waals surface area (Å²) in [5.41, 5.74) is 0.389. The number of allylic oxidation sites excluding steroid dienone is 1. The van der Waals surface area contributed by atoms with Crippen LogP contribution in [0.5, 0.6) is 17.2 Å². The molecule has 2 rings (SSSR count). The summed E-state index contributed by atoms with van der Waals surface area (Å²) in [6.07, 6.45) is -0.344. The predicted molar refractivity (Wildman–Crippen MR) is 92.9 cm³/mol. The third kappa shape index (κ3) is 4.73. The lowest BCUT2D eigenvalue weighted by atomic mass is 10.2. The van der Waals surface area contributed by atoms with Gasteiger partial charge in [-0.3, -0.25) is 4.79 Å². The van der Waals surface area contributed by atoms with Crippen LogP contribution in [0.2, 0.25) is 5.02 Å². The minimum Gasteiger partial charge on any atom is -0.497 e. The van der Waals surface area contributed by atoms with E-state index in [0.29, 0.717) is 28.0 Å². The average Bonchev–Trinajstić information content (AvgIpc) is 2.58. The van der Waals surface area contributed by atoms with Gasteiger partial charge in [-0.05, 0) is 36.4 Å². The lowest BCUT2D eigenvalue weighted by molar-refractivity contribution is -0.120. The minimum absolute atomic E-state index is 0.0470. The Kier molecular flexibility index (Phi) is 6.21. The van der Waals surface area contributed by atoms with Gasteiger partial charge in [0, 0.05) is 18.2 Å². The molecule has 0 fully saturated rings. The second kappa shape index (κ2) is 8.36. The molecule has 2 aromatic rings. The van der Waals surface area contributed by atoms with Crippen LogP contribution >= 0.6 is 11.6 Å². The molecule has 0 spiro atoms. The number of amides is 1. The predicted octanol–water partition coefficient (Wildman–Crippen LogP) is 4.99. The Balaban J connectivity index is 2.12. The van der Waals surface area contributed by atoms with Gasteiger partial charge in [-0.1, -0.05) is 17.7 Å². The van der Waals surface area contributed by atoms with Crippen molar-refractivity contribution >= 4 is 23.2 Å². The molecule has 1 atom stereocenters. The molecule has 4 nitrogen and oxygen atoms in total. The maximum Gasteiger partial charge on any atom is 0.259 e. The number of alkyl halides is 1. The van der Waals surface area contributed by atoms with Gasteiger partial charge in [0.15, 0.2) is 6.17 Å². The summed E-state index contributed by atoms with van der Waals surface area (Å²) in [7, 11) is 1.57. The first kappa shape index (κ1) is 17.8. The third-order valence-corrected chi connectivity index (χ3v) is 3.46. The number of benzene rings is 2. The van der Waals surface area contributed by atoms with Crippen molar-refractivity contribution in [2.45, 2.75) is 12.6 Å². The largest absolute Gasteiger partial charge is 0.497 e. The molecular weight excluding hydrogens is 333 g/mol. The van der Waals surface area contributed by atoms with E-state index >= 15 is 0 Å². The quantitative estimate of drug-likeness (QED) is 0.716. The van der Waals surface area contributed by atoms with Crippen LogP contribution in [-0.2, 0) is 4.79 Å². The fraction of sp³-hybridized carbons (Fsp3) is 0.167. The monoisotopic (exact) mass is 349 g/mol. The molecule has 126 valence electrons. The van der Waals surface area contributed by atoms with Gasteiger partial charge in [0.25, 0.3) is 5.91 Å². The summed E-state index contributed by atoms with van der Waals surface area (Å²) < 4.78 is 24.3. The number of halogens is 2. The van der Waals surface area contributed by atoms with Crippen LogP contribution in [0.25, 0.3) is 0 Å². The number of rotatable bonds is 7. The molecule has 0 aromatic heterocycles. The van der Waals surface area contributed by atoms with Gasteiger partial charge >= 0.3 is 0 Å². The molecule has 0 bridgehead atoms. The maximum absolute atomic E-state index is 13.5. The van der Waals surface area contributed by atoms with E-state index in [4.69, 9.17) is 21.1 Å². The highest BCUT2D eigenvalue weighted by molar-refractivity contribution is 6.32. The molecule has 1 amide bonds. The molecular formula is C18H17ClFNO3. The lowest BCUT2D eigenvalue weighted by Crippen LogP contribution is -2.23. The molecule has 1 N–H and O–H groups in total. The number of hydrogen-bond acceptors (Lipinski definition) is 3. The van der Waals surface area contributed by atoms with Gasteiger partial charge < -0.3 is 14.8 Å². The van der Waals surface area contributed by atoms with Crippen LogP contribution in [0.3, 0.4) is 0 Å². The maximum atomic E-state index is 13.5. The Bertz CT molecular complexity index is 719. The molecule has 0 heterocycles. The van der Waals surface area contributed by atoms with E-state index in [1.54, 1.807) is 43.5 Å². The van der Waals surface area contributed by atoms with E-state index in [-0.39, 0.29) is 6.42 Å². The van der Waals surface area contributed by atoms with Crippen molar-refractivity contribution < 1.29 is 18.7 Å². The average molecular weight is 350 g/mol. The standard InChI is InChI=1S/C18H17ClFNO3/c1-3-4-16(20)18(22)21-12-5-10-15(19)17(11-12)24-14-8-6-13(23-2)7-9-14/h3,5-11,16H,1,4H2,2H3,(H,21,22). The molecule has 0 radical (unpaired) electrons. The summed E-state index contributed by atoms with van der Waals surface area (Å²) in [5.74, 6) is 0.855. The van der Waals surface area contributed by atoms with E-state index in [1.165, 1.54) is 12.1 Å². The van der Waals surface area contributed by atoms with E-state index in [0.717, 1.165) is 0 Å². The number of methoxy groups -OCH3 is 1. The van der Waals surface area contributed by atoms with Gasteiger partial charge in [0.1, 0.15) is 17.2 Å².